The van der Waals surface area contributed by atoms with Crippen LogP contribution < -0.4 is 0 Å². The van der Waals surface area contributed by atoms with Crippen molar-refractivity contribution in [1.82, 2.24) is 0 Å². The Hall–Kier alpha value is -0.140. The zero-order valence-corrected chi connectivity index (χ0v) is 12.4. The van der Waals surface area contributed by atoms with Crippen LogP contribution in [-0.4, -0.2) is 10.6 Å². The van der Waals surface area contributed by atoms with Gasteiger partial charge in [0.25, 0.3) is 0 Å². The van der Waals surface area contributed by atoms with Gasteiger partial charge in [0.15, 0.2) is 0 Å². The molecular weight excluding hydrogens is 248 g/mol. The molecule has 2 heteroatoms. The molecule has 0 saturated carbocycles. The smallest absolute Gasteiger partial charge is 0.0312 e. The molecule has 0 spiro atoms. The number of halogens is 1. The molecule has 0 aliphatic carbocycles. The maximum Gasteiger partial charge on any atom is 0.0312 e. The standard InChI is InChI=1S/C15H21ClS/c1-11(16)9-15(2,3)10-13-8-12-6-4-5-7-14(12)17-13/h4-7,11,13H,8-10H2,1-3H3. The number of benzene rings is 1. The van der Waals surface area contributed by atoms with E-state index in [4.69, 9.17) is 11.6 Å². The van der Waals surface area contributed by atoms with E-state index in [0.717, 1.165) is 11.7 Å². The number of hydrogen-bond donors (Lipinski definition) is 0. The molecule has 1 aromatic rings. The van der Waals surface area contributed by atoms with E-state index in [1.807, 2.05) is 11.8 Å². The highest BCUT2D eigenvalue weighted by molar-refractivity contribution is 8.00. The number of hydrogen-bond acceptors (Lipinski definition) is 1. The Bertz CT molecular complexity index is 359. The van der Waals surface area contributed by atoms with E-state index in [9.17, 15) is 0 Å². The van der Waals surface area contributed by atoms with E-state index in [1.54, 1.807) is 0 Å². The van der Waals surface area contributed by atoms with Crippen molar-refractivity contribution in [3.05, 3.63) is 29.8 Å². The van der Waals surface area contributed by atoms with Gasteiger partial charge in [-0.25, -0.2) is 0 Å². The molecule has 2 atom stereocenters. The molecule has 0 aromatic heterocycles. The van der Waals surface area contributed by atoms with Gasteiger partial charge in [0.1, 0.15) is 0 Å². The van der Waals surface area contributed by atoms with Crippen molar-refractivity contribution in [3.63, 3.8) is 0 Å². The monoisotopic (exact) mass is 268 g/mol. The molecular formula is C15H21ClS. The predicted molar refractivity (Wildman–Crippen MR) is 78.1 cm³/mol. The fourth-order valence-electron chi connectivity index (χ4n) is 2.83. The van der Waals surface area contributed by atoms with Crippen LogP contribution in [0.2, 0.25) is 0 Å². The summed E-state index contributed by atoms with van der Waals surface area (Å²) < 4.78 is 0. The van der Waals surface area contributed by atoms with Crippen LogP contribution in [0.25, 0.3) is 0 Å². The summed E-state index contributed by atoms with van der Waals surface area (Å²) in [5, 5.41) is 1.01. The highest BCUT2D eigenvalue weighted by atomic mass is 35.5. The summed E-state index contributed by atoms with van der Waals surface area (Å²) in [7, 11) is 0. The van der Waals surface area contributed by atoms with Crippen LogP contribution in [0.4, 0.5) is 0 Å². The first-order chi connectivity index (χ1) is 7.96. The quantitative estimate of drug-likeness (QED) is 0.682. The molecule has 17 heavy (non-hydrogen) atoms. The first-order valence-electron chi connectivity index (χ1n) is 6.35. The van der Waals surface area contributed by atoms with Gasteiger partial charge in [0, 0.05) is 15.5 Å². The summed E-state index contributed by atoms with van der Waals surface area (Å²) in [6.07, 6.45) is 3.58. The third-order valence-corrected chi connectivity index (χ3v) is 4.80. The fraction of sp³-hybridized carbons (Fsp3) is 0.600. The molecule has 94 valence electrons. The summed E-state index contributed by atoms with van der Waals surface area (Å²) in [6, 6.07) is 8.80. The Morgan fingerprint density at radius 3 is 2.76 bits per heavy atom. The first kappa shape index (κ1) is 13.3. The molecule has 1 heterocycles. The number of thioether (sulfide) groups is 1. The molecule has 1 aliphatic rings. The Balaban J connectivity index is 1.95. The van der Waals surface area contributed by atoms with Crippen LogP contribution in [-0.2, 0) is 6.42 Å². The topological polar surface area (TPSA) is 0 Å². The van der Waals surface area contributed by atoms with Crippen molar-refractivity contribution in [3.8, 4) is 0 Å². The van der Waals surface area contributed by atoms with Crippen LogP contribution in [0, 0.1) is 5.41 Å². The summed E-state index contributed by atoms with van der Waals surface area (Å²) in [6.45, 7) is 6.78. The maximum atomic E-state index is 6.13. The lowest BCUT2D eigenvalue weighted by Gasteiger charge is -2.28. The lowest BCUT2D eigenvalue weighted by molar-refractivity contribution is 0.304. The van der Waals surface area contributed by atoms with Crippen molar-refractivity contribution in [2.45, 2.75) is 55.6 Å². The van der Waals surface area contributed by atoms with Gasteiger partial charge in [-0.15, -0.1) is 23.4 Å². The Labute approximate surface area is 114 Å². The normalized spacial score (nSPS) is 21.3. The summed E-state index contributed by atoms with van der Waals surface area (Å²) in [4.78, 5) is 1.48. The van der Waals surface area contributed by atoms with Gasteiger partial charge in [0.05, 0.1) is 0 Å². The molecule has 0 bridgehead atoms. The van der Waals surface area contributed by atoms with Crippen molar-refractivity contribution in [2.75, 3.05) is 0 Å². The molecule has 0 fully saturated rings. The Kier molecular flexibility index (Phi) is 4.10. The minimum atomic E-state index is 0.277. The summed E-state index contributed by atoms with van der Waals surface area (Å²) in [5.41, 5.74) is 1.87. The highest BCUT2D eigenvalue weighted by Crippen LogP contribution is 2.43. The van der Waals surface area contributed by atoms with E-state index in [1.165, 1.54) is 23.3 Å². The van der Waals surface area contributed by atoms with Crippen molar-refractivity contribution < 1.29 is 0 Å². The van der Waals surface area contributed by atoms with Gasteiger partial charge in [-0.05, 0) is 43.2 Å². The average Bonchev–Trinajstić information content (AvgIpc) is 2.55. The van der Waals surface area contributed by atoms with Crippen molar-refractivity contribution in [1.29, 1.82) is 0 Å². The molecule has 2 unspecified atom stereocenters. The molecule has 1 aliphatic heterocycles. The average molecular weight is 269 g/mol. The minimum absolute atomic E-state index is 0.277. The van der Waals surface area contributed by atoms with Gasteiger partial charge < -0.3 is 0 Å². The second-order valence-corrected chi connectivity index (χ2v) is 7.99. The van der Waals surface area contributed by atoms with Gasteiger partial charge in [0.2, 0.25) is 0 Å². The number of fused-ring (bicyclic) bond motifs is 1. The zero-order valence-electron chi connectivity index (χ0n) is 10.9. The molecule has 0 radical (unpaired) electrons. The third-order valence-electron chi connectivity index (χ3n) is 3.33. The van der Waals surface area contributed by atoms with Crippen LogP contribution >= 0.6 is 23.4 Å². The van der Waals surface area contributed by atoms with E-state index in [-0.39, 0.29) is 5.38 Å². The Morgan fingerprint density at radius 1 is 1.41 bits per heavy atom. The van der Waals surface area contributed by atoms with Crippen molar-refractivity contribution >= 4 is 23.4 Å². The number of rotatable bonds is 4. The molecule has 0 amide bonds. The third kappa shape index (κ3) is 3.66. The van der Waals surface area contributed by atoms with E-state index in [2.05, 4.69) is 45.0 Å². The second-order valence-electron chi connectivity index (χ2n) is 5.90. The first-order valence-corrected chi connectivity index (χ1v) is 7.66. The molecule has 0 N–H and O–H groups in total. The highest BCUT2D eigenvalue weighted by Gasteiger charge is 2.29. The summed E-state index contributed by atoms with van der Waals surface area (Å²) in [5.74, 6) is 0. The van der Waals surface area contributed by atoms with Gasteiger partial charge in [-0.2, -0.15) is 0 Å². The molecule has 0 saturated heterocycles. The van der Waals surface area contributed by atoms with Crippen LogP contribution in [0.15, 0.2) is 29.2 Å². The lowest BCUT2D eigenvalue weighted by atomic mass is 9.82. The van der Waals surface area contributed by atoms with Crippen LogP contribution in [0.5, 0.6) is 0 Å². The van der Waals surface area contributed by atoms with Crippen molar-refractivity contribution in [2.24, 2.45) is 5.41 Å². The van der Waals surface area contributed by atoms with E-state index in [0.29, 0.717) is 5.41 Å². The summed E-state index contributed by atoms with van der Waals surface area (Å²) >= 11 is 8.18. The molecule has 0 nitrogen and oxygen atoms in total. The number of alkyl halides is 1. The van der Waals surface area contributed by atoms with Crippen LogP contribution in [0.3, 0.4) is 0 Å². The zero-order chi connectivity index (χ0) is 12.5. The van der Waals surface area contributed by atoms with E-state index < -0.39 is 0 Å². The minimum Gasteiger partial charge on any atom is -0.123 e. The Morgan fingerprint density at radius 2 is 2.12 bits per heavy atom. The van der Waals surface area contributed by atoms with Crippen LogP contribution in [0.1, 0.15) is 39.2 Å². The van der Waals surface area contributed by atoms with Gasteiger partial charge >= 0.3 is 0 Å². The molecule has 1 aromatic carbocycles. The lowest BCUT2D eigenvalue weighted by Crippen LogP contribution is -2.21. The molecule has 2 rings (SSSR count). The largest absolute Gasteiger partial charge is 0.123 e. The fourth-order valence-corrected chi connectivity index (χ4v) is 4.86. The SMILES string of the molecule is CC(Cl)CC(C)(C)CC1Cc2ccccc2S1. The van der Waals surface area contributed by atoms with E-state index >= 15 is 0 Å². The predicted octanol–water partition coefficient (Wildman–Crippen LogP) is 5.14. The van der Waals surface area contributed by atoms with Gasteiger partial charge in [-0.1, -0.05) is 32.0 Å². The second kappa shape index (κ2) is 5.24. The van der Waals surface area contributed by atoms with Gasteiger partial charge in [-0.3, -0.25) is 0 Å². The maximum absolute atomic E-state index is 6.13.